The van der Waals surface area contributed by atoms with E-state index >= 15 is 0 Å². The minimum atomic E-state index is -4.38. The van der Waals surface area contributed by atoms with Crippen molar-refractivity contribution in [2.24, 2.45) is 0 Å². The molecule has 0 unspecified atom stereocenters. The van der Waals surface area contributed by atoms with Gasteiger partial charge in [-0.3, -0.25) is 4.79 Å². The fraction of sp³-hybridized carbons (Fsp3) is 0.125. The number of rotatable bonds is 9. The van der Waals surface area contributed by atoms with Crippen molar-refractivity contribution in [1.82, 2.24) is 14.9 Å². The number of hydrogen-bond acceptors (Lipinski definition) is 7. The number of halogens is 2. The Morgan fingerprint density at radius 1 is 0.971 bits per heavy atom. The summed E-state index contributed by atoms with van der Waals surface area (Å²) in [7, 11) is -4.38. The molecule has 0 amide bonds. The zero-order valence-corrected chi connectivity index (χ0v) is 18.9. The molecule has 0 aliphatic heterocycles. The van der Waals surface area contributed by atoms with Crippen LogP contribution in [0.2, 0.25) is 0 Å². The van der Waals surface area contributed by atoms with Gasteiger partial charge in [0, 0.05) is 5.56 Å². The van der Waals surface area contributed by atoms with E-state index in [1.165, 1.54) is 36.4 Å². The maximum Gasteiger partial charge on any atom is 0.324 e. The molecule has 4 aromatic rings. The first-order valence-electron chi connectivity index (χ1n) is 10.4. The number of nitrogens with one attached hydrogen (secondary N) is 1. The monoisotopic (exact) mass is 499 g/mol. The van der Waals surface area contributed by atoms with Gasteiger partial charge in [0.05, 0.1) is 0 Å². The van der Waals surface area contributed by atoms with Gasteiger partial charge in [0.15, 0.2) is 6.61 Å². The van der Waals surface area contributed by atoms with Crippen LogP contribution in [0.25, 0.3) is 11.5 Å². The Kier molecular flexibility index (Phi) is 7.28. The van der Waals surface area contributed by atoms with Gasteiger partial charge < -0.3 is 9.26 Å². The summed E-state index contributed by atoms with van der Waals surface area (Å²) in [6.07, 6.45) is -0.0412. The molecule has 0 saturated carbocycles. The molecule has 11 heteroatoms. The normalized spacial score (nSPS) is 12.3. The highest BCUT2D eigenvalue weighted by Gasteiger charge is 2.29. The van der Waals surface area contributed by atoms with Crippen molar-refractivity contribution in [3.05, 3.63) is 102 Å². The molecule has 0 fully saturated rings. The lowest BCUT2D eigenvalue weighted by Crippen LogP contribution is -2.43. The second-order valence-electron chi connectivity index (χ2n) is 7.42. The number of nitrogens with zero attached hydrogens (tertiary/aromatic N) is 2. The third-order valence-corrected chi connectivity index (χ3v) is 6.40. The second-order valence-corrected chi connectivity index (χ2v) is 9.11. The smallest absolute Gasteiger partial charge is 0.324 e. The molecule has 0 radical (unpaired) electrons. The highest BCUT2D eigenvalue weighted by Crippen LogP contribution is 2.18. The molecule has 0 aliphatic carbocycles. The Hall–Kier alpha value is -3.96. The topological polar surface area (TPSA) is 111 Å². The second kappa shape index (κ2) is 10.5. The number of hydrogen-bond donors (Lipinski definition) is 1. The average molecular weight is 499 g/mol. The first-order valence-corrected chi connectivity index (χ1v) is 11.9. The Balaban J connectivity index is 1.49. The van der Waals surface area contributed by atoms with Crippen molar-refractivity contribution in [2.45, 2.75) is 24.0 Å². The molecular formula is C24H19F2N3O5S. The summed E-state index contributed by atoms with van der Waals surface area (Å²) < 4.78 is 65.4. The van der Waals surface area contributed by atoms with E-state index < -0.39 is 45.2 Å². The average Bonchev–Trinajstić information content (AvgIpc) is 3.32. The van der Waals surface area contributed by atoms with Crippen molar-refractivity contribution in [2.75, 3.05) is 0 Å². The van der Waals surface area contributed by atoms with Gasteiger partial charge in [-0.05, 0) is 48.4 Å². The number of aromatic nitrogens is 2. The molecule has 1 atom stereocenters. The molecular weight excluding hydrogens is 480 g/mol. The van der Waals surface area contributed by atoms with Crippen LogP contribution in [-0.4, -0.2) is 30.6 Å². The number of ether oxygens (including phenoxy) is 1. The predicted octanol–water partition coefficient (Wildman–Crippen LogP) is 3.65. The molecule has 4 rings (SSSR count). The number of carbonyl (C=O) groups excluding carboxylic acids is 1. The maximum atomic E-state index is 14.1. The fourth-order valence-electron chi connectivity index (χ4n) is 3.19. The van der Waals surface area contributed by atoms with E-state index in [-0.39, 0.29) is 18.1 Å². The summed E-state index contributed by atoms with van der Waals surface area (Å²) in [6.45, 7) is -0.407. The molecule has 3 aromatic carbocycles. The summed E-state index contributed by atoms with van der Waals surface area (Å²) in [4.78, 5) is 16.4. The first-order chi connectivity index (χ1) is 16.8. The van der Waals surface area contributed by atoms with Crippen LogP contribution in [0.1, 0.15) is 11.4 Å². The van der Waals surface area contributed by atoms with Crippen LogP contribution in [0.5, 0.6) is 0 Å². The van der Waals surface area contributed by atoms with Crippen LogP contribution < -0.4 is 4.72 Å². The lowest BCUT2D eigenvalue weighted by molar-refractivity contribution is -0.147. The summed E-state index contributed by atoms with van der Waals surface area (Å²) in [5.74, 6) is -2.18. The third-order valence-electron chi connectivity index (χ3n) is 4.89. The van der Waals surface area contributed by atoms with Crippen LogP contribution in [0.4, 0.5) is 8.78 Å². The number of benzene rings is 3. The highest BCUT2D eigenvalue weighted by molar-refractivity contribution is 7.89. The van der Waals surface area contributed by atoms with Gasteiger partial charge in [-0.15, -0.1) is 0 Å². The minimum absolute atomic E-state index is 0.0214. The van der Waals surface area contributed by atoms with Gasteiger partial charge in [0.1, 0.15) is 22.6 Å². The first kappa shape index (κ1) is 24.2. The van der Waals surface area contributed by atoms with Crippen molar-refractivity contribution in [1.29, 1.82) is 0 Å². The summed E-state index contributed by atoms with van der Waals surface area (Å²) in [6, 6.07) is 17.5. The summed E-state index contributed by atoms with van der Waals surface area (Å²) >= 11 is 0. The van der Waals surface area contributed by atoms with E-state index in [0.717, 1.165) is 12.1 Å². The van der Waals surface area contributed by atoms with Gasteiger partial charge in [0.25, 0.3) is 5.89 Å². The molecule has 0 saturated heterocycles. The molecule has 180 valence electrons. The van der Waals surface area contributed by atoms with Crippen LogP contribution in [0.15, 0.2) is 88.3 Å². The predicted molar refractivity (Wildman–Crippen MR) is 120 cm³/mol. The van der Waals surface area contributed by atoms with Gasteiger partial charge in [-0.25, -0.2) is 17.2 Å². The summed E-state index contributed by atoms with van der Waals surface area (Å²) in [5, 5.41) is 3.72. The standard InChI is InChI=1S/C24H19F2N3O5S/c25-18-12-10-17(11-13-18)23-27-22(28-34-23)15-33-24(30)20(14-16-6-2-1-3-7-16)29-35(31,32)21-9-5-4-8-19(21)26/h1-13,20,29H,14-15H2/t20-/m0/s1. The Morgan fingerprint density at radius 3 is 2.37 bits per heavy atom. The maximum absolute atomic E-state index is 14.1. The zero-order chi connectivity index (χ0) is 24.8. The number of sulfonamides is 1. The van der Waals surface area contributed by atoms with E-state index in [0.29, 0.717) is 11.1 Å². The molecule has 1 aromatic heterocycles. The largest absolute Gasteiger partial charge is 0.456 e. The molecule has 1 N–H and O–H groups in total. The Labute approximate surface area is 199 Å². The fourth-order valence-corrected chi connectivity index (χ4v) is 4.46. The summed E-state index contributed by atoms with van der Waals surface area (Å²) in [5.41, 5.74) is 1.12. The van der Waals surface area contributed by atoms with Gasteiger partial charge in [-0.1, -0.05) is 47.6 Å². The van der Waals surface area contributed by atoms with Crippen molar-refractivity contribution in [3.63, 3.8) is 0 Å². The molecule has 8 nitrogen and oxygen atoms in total. The minimum Gasteiger partial charge on any atom is -0.456 e. The molecule has 35 heavy (non-hydrogen) atoms. The van der Waals surface area contributed by atoms with Gasteiger partial charge in [0.2, 0.25) is 15.8 Å². The lowest BCUT2D eigenvalue weighted by Gasteiger charge is -2.18. The Bertz CT molecular complexity index is 1410. The molecule has 0 spiro atoms. The zero-order valence-electron chi connectivity index (χ0n) is 18.1. The lowest BCUT2D eigenvalue weighted by atomic mass is 10.1. The van der Waals surface area contributed by atoms with Crippen molar-refractivity contribution in [3.8, 4) is 11.5 Å². The van der Waals surface area contributed by atoms with Gasteiger partial charge >= 0.3 is 5.97 Å². The SMILES string of the molecule is O=C(OCc1noc(-c2ccc(F)cc2)n1)[C@H](Cc1ccccc1)NS(=O)(=O)c1ccccc1F. The molecule has 0 bridgehead atoms. The van der Waals surface area contributed by atoms with Crippen molar-refractivity contribution < 1.29 is 31.3 Å². The van der Waals surface area contributed by atoms with Crippen LogP contribution in [-0.2, 0) is 32.6 Å². The molecule has 0 aliphatic rings. The van der Waals surface area contributed by atoms with Gasteiger partial charge in [-0.2, -0.15) is 9.71 Å². The number of carbonyl (C=O) groups is 1. The van der Waals surface area contributed by atoms with E-state index in [1.807, 2.05) is 0 Å². The van der Waals surface area contributed by atoms with E-state index in [9.17, 15) is 22.0 Å². The Morgan fingerprint density at radius 2 is 1.66 bits per heavy atom. The highest BCUT2D eigenvalue weighted by atomic mass is 32.2. The van der Waals surface area contributed by atoms with Crippen LogP contribution >= 0.6 is 0 Å². The molecule has 1 heterocycles. The van der Waals surface area contributed by atoms with Crippen LogP contribution in [0, 0.1) is 11.6 Å². The number of esters is 1. The van der Waals surface area contributed by atoms with Crippen LogP contribution in [0.3, 0.4) is 0 Å². The quantitative estimate of drug-likeness (QED) is 0.350. The van der Waals surface area contributed by atoms with Crippen molar-refractivity contribution >= 4 is 16.0 Å². The van der Waals surface area contributed by atoms with E-state index in [2.05, 4.69) is 14.9 Å². The third kappa shape index (κ3) is 6.14. The van der Waals surface area contributed by atoms with E-state index in [4.69, 9.17) is 9.26 Å². The van der Waals surface area contributed by atoms with E-state index in [1.54, 1.807) is 30.3 Å².